The van der Waals surface area contributed by atoms with Crippen molar-refractivity contribution >= 4 is 28.3 Å². The molecule has 2 N–H and O–H groups in total. The van der Waals surface area contributed by atoms with Crippen molar-refractivity contribution in [3.05, 3.63) is 40.9 Å². The molecule has 2 rings (SSSR count). The van der Waals surface area contributed by atoms with Crippen LogP contribution >= 0.6 is 11.3 Å². The van der Waals surface area contributed by atoms with Gasteiger partial charge in [-0.05, 0) is 18.9 Å². The normalized spacial score (nSPS) is 10.3. The van der Waals surface area contributed by atoms with E-state index in [-0.39, 0.29) is 12.0 Å². The van der Waals surface area contributed by atoms with Crippen LogP contribution < -0.4 is 5.32 Å². The Morgan fingerprint density at radius 3 is 2.95 bits per heavy atom. The average Bonchev–Trinajstić information content (AvgIpc) is 2.86. The van der Waals surface area contributed by atoms with E-state index in [1.54, 1.807) is 5.38 Å². The molecule has 2 heterocycles. The molecule has 0 aromatic carbocycles. The van der Waals surface area contributed by atoms with Crippen LogP contribution in [0.1, 0.15) is 28.9 Å². The predicted octanol–water partition coefficient (Wildman–Crippen LogP) is 2.34. The Balaban J connectivity index is 1.95. The maximum Gasteiger partial charge on any atom is 0.303 e. The predicted molar refractivity (Wildman–Crippen MR) is 74.8 cm³/mol. The van der Waals surface area contributed by atoms with Gasteiger partial charge in [-0.1, -0.05) is 0 Å². The van der Waals surface area contributed by atoms with E-state index in [4.69, 9.17) is 5.11 Å². The monoisotopic (exact) mass is 309 g/mol. The van der Waals surface area contributed by atoms with Crippen molar-refractivity contribution < 1.29 is 19.1 Å². The quantitative estimate of drug-likeness (QED) is 0.854. The van der Waals surface area contributed by atoms with Crippen molar-refractivity contribution in [2.45, 2.75) is 19.3 Å². The number of carboxylic acids is 1. The smallest absolute Gasteiger partial charge is 0.303 e. The molecule has 6 nitrogen and oxygen atoms in total. The number of amides is 1. The van der Waals surface area contributed by atoms with Crippen molar-refractivity contribution in [2.75, 3.05) is 5.32 Å². The third kappa shape index (κ3) is 4.32. The lowest BCUT2D eigenvalue weighted by atomic mass is 10.2. The Morgan fingerprint density at radius 2 is 2.24 bits per heavy atom. The van der Waals surface area contributed by atoms with Gasteiger partial charge in [0.25, 0.3) is 5.91 Å². The van der Waals surface area contributed by atoms with Crippen LogP contribution in [0.4, 0.5) is 9.52 Å². The van der Waals surface area contributed by atoms with Crippen LogP contribution in [0.5, 0.6) is 0 Å². The summed E-state index contributed by atoms with van der Waals surface area (Å²) in [6.07, 6.45) is 3.36. The van der Waals surface area contributed by atoms with Gasteiger partial charge in [-0.25, -0.2) is 9.37 Å². The molecular weight excluding hydrogens is 297 g/mol. The highest BCUT2D eigenvalue weighted by atomic mass is 32.1. The summed E-state index contributed by atoms with van der Waals surface area (Å²) in [5.41, 5.74) is 0.597. The standard InChI is InChI=1S/C13H12FN3O3S/c14-10-6-15-5-4-9(10)12(20)17-13-16-8(7-21-13)2-1-3-11(18)19/h4-7H,1-3H2,(H,18,19)(H,16,17,20). The third-order valence-corrected chi connectivity index (χ3v) is 3.42. The first-order valence-corrected chi connectivity index (χ1v) is 7.01. The van der Waals surface area contributed by atoms with E-state index in [9.17, 15) is 14.0 Å². The lowest BCUT2D eigenvalue weighted by Gasteiger charge is -2.02. The zero-order chi connectivity index (χ0) is 15.2. The number of carbonyl (C=O) groups excluding carboxylic acids is 1. The molecule has 0 aliphatic rings. The fourth-order valence-corrected chi connectivity index (χ4v) is 2.36. The van der Waals surface area contributed by atoms with Crippen molar-refractivity contribution in [3.8, 4) is 0 Å². The van der Waals surface area contributed by atoms with Crippen molar-refractivity contribution in [1.29, 1.82) is 0 Å². The summed E-state index contributed by atoms with van der Waals surface area (Å²) in [6, 6.07) is 1.28. The Morgan fingerprint density at radius 1 is 1.43 bits per heavy atom. The van der Waals surface area contributed by atoms with E-state index in [2.05, 4.69) is 15.3 Å². The molecule has 0 aliphatic heterocycles. The van der Waals surface area contributed by atoms with Gasteiger partial charge in [-0.15, -0.1) is 11.3 Å². The number of aromatic nitrogens is 2. The van der Waals surface area contributed by atoms with Gasteiger partial charge in [0, 0.05) is 18.0 Å². The average molecular weight is 309 g/mol. The number of nitrogens with zero attached hydrogens (tertiary/aromatic N) is 2. The summed E-state index contributed by atoms with van der Waals surface area (Å²) in [4.78, 5) is 30.0. The maximum absolute atomic E-state index is 13.4. The molecule has 0 fully saturated rings. The van der Waals surface area contributed by atoms with Crippen LogP contribution in [0.25, 0.3) is 0 Å². The fourth-order valence-electron chi connectivity index (χ4n) is 1.62. The summed E-state index contributed by atoms with van der Waals surface area (Å²) < 4.78 is 13.4. The second-order valence-corrected chi connectivity index (χ2v) is 5.06. The Hall–Kier alpha value is -2.35. The molecule has 110 valence electrons. The van der Waals surface area contributed by atoms with Crippen LogP contribution in [-0.2, 0) is 11.2 Å². The lowest BCUT2D eigenvalue weighted by molar-refractivity contribution is -0.137. The minimum absolute atomic E-state index is 0.0709. The first-order chi connectivity index (χ1) is 10.1. The second-order valence-electron chi connectivity index (χ2n) is 4.20. The molecule has 0 aliphatic carbocycles. The first-order valence-electron chi connectivity index (χ1n) is 6.13. The number of carboxylic acid groups (broad SMARTS) is 1. The van der Waals surface area contributed by atoms with Crippen molar-refractivity contribution in [3.63, 3.8) is 0 Å². The van der Waals surface area contributed by atoms with Crippen molar-refractivity contribution in [1.82, 2.24) is 9.97 Å². The number of aliphatic carboxylic acids is 1. The molecule has 1 amide bonds. The van der Waals surface area contributed by atoms with Crippen LogP contribution in [0.15, 0.2) is 23.8 Å². The second kappa shape index (κ2) is 6.89. The third-order valence-electron chi connectivity index (χ3n) is 2.61. The topological polar surface area (TPSA) is 92.2 Å². The van der Waals surface area contributed by atoms with E-state index in [0.29, 0.717) is 23.7 Å². The largest absolute Gasteiger partial charge is 0.481 e. The van der Waals surface area contributed by atoms with Gasteiger partial charge >= 0.3 is 5.97 Å². The number of thiazole rings is 1. The van der Waals surface area contributed by atoms with E-state index >= 15 is 0 Å². The number of hydrogen-bond acceptors (Lipinski definition) is 5. The molecule has 0 spiro atoms. The number of anilines is 1. The molecule has 0 atom stereocenters. The molecule has 2 aromatic rings. The van der Waals surface area contributed by atoms with Crippen LogP contribution in [0.2, 0.25) is 0 Å². The number of nitrogens with one attached hydrogen (secondary N) is 1. The Kier molecular flexibility index (Phi) is 4.94. The molecule has 0 saturated heterocycles. The van der Waals surface area contributed by atoms with Crippen molar-refractivity contribution in [2.24, 2.45) is 0 Å². The SMILES string of the molecule is O=C(O)CCCc1csc(NC(=O)c2ccncc2F)n1. The molecule has 21 heavy (non-hydrogen) atoms. The fraction of sp³-hybridized carbons (Fsp3) is 0.231. The van der Waals surface area contributed by atoms with Gasteiger partial charge in [0.2, 0.25) is 0 Å². The minimum Gasteiger partial charge on any atom is -0.481 e. The van der Waals surface area contributed by atoms with E-state index in [0.717, 1.165) is 6.20 Å². The zero-order valence-electron chi connectivity index (χ0n) is 10.9. The number of carbonyl (C=O) groups is 2. The van der Waals surface area contributed by atoms with Gasteiger partial charge in [0.05, 0.1) is 17.5 Å². The zero-order valence-corrected chi connectivity index (χ0v) is 11.7. The molecule has 8 heteroatoms. The first kappa shape index (κ1) is 15.0. The minimum atomic E-state index is -0.855. The maximum atomic E-state index is 13.4. The number of aryl methyl sites for hydroxylation is 1. The van der Waals surface area contributed by atoms with E-state index in [1.807, 2.05) is 0 Å². The van der Waals surface area contributed by atoms with Gasteiger partial charge in [0.1, 0.15) is 0 Å². The molecule has 0 unspecified atom stereocenters. The van der Waals surface area contributed by atoms with E-state index in [1.165, 1.54) is 23.6 Å². The number of rotatable bonds is 6. The number of hydrogen-bond donors (Lipinski definition) is 2. The summed E-state index contributed by atoms with van der Waals surface area (Å²) in [5.74, 6) is -2.15. The highest BCUT2D eigenvalue weighted by Gasteiger charge is 2.13. The molecular formula is C13H12FN3O3S. The van der Waals surface area contributed by atoms with Gasteiger partial charge in [0.15, 0.2) is 10.9 Å². The molecule has 0 saturated carbocycles. The highest BCUT2D eigenvalue weighted by Crippen LogP contribution is 2.18. The highest BCUT2D eigenvalue weighted by molar-refractivity contribution is 7.13. The van der Waals surface area contributed by atoms with Gasteiger partial charge in [-0.3, -0.25) is 19.9 Å². The molecule has 0 radical (unpaired) electrons. The van der Waals surface area contributed by atoms with E-state index < -0.39 is 17.7 Å². The lowest BCUT2D eigenvalue weighted by Crippen LogP contribution is -2.13. The summed E-state index contributed by atoms with van der Waals surface area (Å²) in [5, 5.41) is 13.1. The van der Waals surface area contributed by atoms with Crippen LogP contribution in [0.3, 0.4) is 0 Å². The molecule has 0 bridgehead atoms. The Labute approximate surface area is 123 Å². The van der Waals surface area contributed by atoms with Crippen LogP contribution in [0, 0.1) is 5.82 Å². The molecule has 2 aromatic heterocycles. The van der Waals surface area contributed by atoms with Gasteiger partial charge < -0.3 is 5.11 Å². The summed E-state index contributed by atoms with van der Waals surface area (Å²) in [7, 11) is 0. The Bertz CT molecular complexity index is 660. The number of pyridine rings is 1. The summed E-state index contributed by atoms with van der Waals surface area (Å²) in [6.45, 7) is 0. The number of halogens is 1. The summed E-state index contributed by atoms with van der Waals surface area (Å²) >= 11 is 1.21. The van der Waals surface area contributed by atoms with Gasteiger partial charge in [-0.2, -0.15) is 0 Å². The van der Waals surface area contributed by atoms with Crippen LogP contribution in [-0.4, -0.2) is 27.0 Å².